The van der Waals surface area contributed by atoms with Gasteiger partial charge in [0.2, 0.25) is 5.78 Å². The van der Waals surface area contributed by atoms with Crippen LogP contribution in [0.3, 0.4) is 0 Å². The largest absolute Gasteiger partial charge is 0.497 e. The molecule has 1 aromatic carbocycles. The molecule has 0 aliphatic heterocycles. The molecule has 25 heavy (non-hydrogen) atoms. The number of hydrogen-bond acceptors (Lipinski definition) is 5. The SMILES string of the molecule is CCC(NC[C@@H](N)CC(C)C)C(=O)C(=O)NCc1cccc(OC)c1. The van der Waals surface area contributed by atoms with Crippen LogP contribution in [0.25, 0.3) is 0 Å². The molecule has 0 aromatic heterocycles. The van der Waals surface area contributed by atoms with Crippen molar-refractivity contribution in [1.29, 1.82) is 0 Å². The van der Waals surface area contributed by atoms with Crippen molar-refractivity contribution in [2.75, 3.05) is 13.7 Å². The van der Waals surface area contributed by atoms with Crippen molar-refractivity contribution in [3.05, 3.63) is 29.8 Å². The Balaban J connectivity index is 2.50. The minimum atomic E-state index is -0.584. The van der Waals surface area contributed by atoms with Crippen LogP contribution in [-0.4, -0.2) is 37.4 Å². The molecule has 1 rings (SSSR count). The van der Waals surface area contributed by atoms with E-state index < -0.39 is 17.7 Å². The van der Waals surface area contributed by atoms with Crippen LogP contribution < -0.4 is 21.1 Å². The van der Waals surface area contributed by atoms with E-state index in [0.29, 0.717) is 24.6 Å². The number of methoxy groups -OCH3 is 1. The Morgan fingerprint density at radius 2 is 2.00 bits per heavy atom. The number of ether oxygens (including phenoxy) is 1. The van der Waals surface area contributed by atoms with Crippen molar-refractivity contribution in [3.63, 3.8) is 0 Å². The van der Waals surface area contributed by atoms with E-state index in [1.54, 1.807) is 7.11 Å². The van der Waals surface area contributed by atoms with Crippen LogP contribution in [0.5, 0.6) is 5.75 Å². The molecule has 2 atom stereocenters. The predicted molar refractivity (Wildman–Crippen MR) is 99.4 cm³/mol. The van der Waals surface area contributed by atoms with Crippen molar-refractivity contribution < 1.29 is 14.3 Å². The van der Waals surface area contributed by atoms with Gasteiger partial charge in [-0.1, -0.05) is 32.9 Å². The maximum absolute atomic E-state index is 12.3. The van der Waals surface area contributed by atoms with Gasteiger partial charge in [0, 0.05) is 19.1 Å². The summed E-state index contributed by atoms with van der Waals surface area (Å²) < 4.78 is 5.14. The maximum Gasteiger partial charge on any atom is 0.289 e. The topological polar surface area (TPSA) is 93.5 Å². The minimum Gasteiger partial charge on any atom is -0.497 e. The number of carbonyl (C=O) groups excluding carboxylic acids is 2. The lowest BCUT2D eigenvalue weighted by atomic mass is 10.0. The molecule has 1 unspecified atom stereocenters. The highest BCUT2D eigenvalue weighted by atomic mass is 16.5. The Kier molecular flexibility index (Phi) is 9.16. The summed E-state index contributed by atoms with van der Waals surface area (Å²) in [5.74, 6) is 0.172. The Morgan fingerprint density at radius 3 is 2.60 bits per heavy atom. The second-order valence-electron chi connectivity index (χ2n) is 6.66. The monoisotopic (exact) mass is 349 g/mol. The number of amides is 1. The molecular weight excluding hydrogens is 318 g/mol. The molecule has 0 aliphatic carbocycles. The van der Waals surface area contributed by atoms with E-state index in [9.17, 15) is 9.59 Å². The second kappa shape index (κ2) is 10.8. The fraction of sp³-hybridized carbons (Fsp3) is 0.579. The van der Waals surface area contributed by atoms with Gasteiger partial charge in [0.05, 0.1) is 13.2 Å². The third-order valence-electron chi connectivity index (χ3n) is 3.94. The fourth-order valence-corrected chi connectivity index (χ4v) is 2.62. The third-order valence-corrected chi connectivity index (χ3v) is 3.94. The van der Waals surface area contributed by atoms with Gasteiger partial charge in [-0.15, -0.1) is 0 Å². The van der Waals surface area contributed by atoms with Crippen LogP contribution in [-0.2, 0) is 16.1 Å². The van der Waals surface area contributed by atoms with Crippen molar-refractivity contribution in [2.24, 2.45) is 11.7 Å². The number of nitrogens with one attached hydrogen (secondary N) is 2. The molecular formula is C19H31N3O3. The molecule has 1 aromatic rings. The number of hydrogen-bond donors (Lipinski definition) is 3. The van der Waals surface area contributed by atoms with Crippen LogP contribution >= 0.6 is 0 Å². The van der Waals surface area contributed by atoms with E-state index in [1.807, 2.05) is 31.2 Å². The van der Waals surface area contributed by atoms with E-state index in [2.05, 4.69) is 24.5 Å². The molecule has 0 fully saturated rings. The van der Waals surface area contributed by atoms with Gasteiger partial charge in [0.1, 0.15) is 5.75 Å². The zero-order valence-electron chi connectivity index (χ0n) is 15.7. The smallest absolute Gasteiger partial charge is 0.289 e. The van der Waals surface area contributed by atoms with Crippen LogP contribution in [0.2, 0.25) is 0 Å². The van der Waals surface area contributed by atoms with E-state index in [4.69, 9.17) is 10.5 Å². The molecule has 6 heteroatoms. The van der Waals surface area contributed by atoms with Gasteiger partial charge in [-0.05, 0) is 36.5 Å². The summed E-state index contributed by atoms with van der Waals surface area (Å²) in [6, 6.07) is 6.83. The lowest BCUT2D eigenvalue weighted by Crippen LogP contribution is -2.48. The average Bonchev–Trinajstić information content (AvgIpc) is 2.59. The molecule has 0 bridgehead atoms. The van der Waals surface area contributed by atoms with Gasteiger partial charge in [0.25, 0.3) is 5.91 Å². The number of Topliss-reactive ketones (excluding diaryl/α,β-unsaturated/α-hetero) is 1. The number of benzene rings is 1. The summed E-state index contributed by atoms with van der Waals surface area (Å²) >= 11 is 0. The van der Waals surface area contributed by atoms with Crippen molar-refractivity contribution in [1.82, 2.24) is 10.6 Å². The molecule has 0 saturated carbocycles. The molecule has 0 radical (unpaired) electrons. The van der Waals surface area contributed by atoms with Crippen molar-refractivity contribution >= 4 is 11.7 Å². The van der Waals surface area contributed by atoms with E-state index >= 15 is 0 Å². The summed E-state index contributed by atoms with van der Waals surface area (Å²) in [5, 5.41) is 5.79. The van der Waals surface area contributed by atoms with Gasteiger partial charge < -0.3 is 21.1 Å². The zero-order valence-corrected chi connectivity index (χ0v) is 15.7. The van der Waals surface area contributed by atoms with Crippen LogP contribution in [0.4, 0.5) is 0 Å². The zero-order chi connectivity index (χ0) is 18.8. The average molecular weight is 349 g/mol. The first-order valence-electron chi connectivity index (χ1n) is 8.81. The maximum atomic E-state index is 12.3. The molecule has 4 N–H and O–H groups in total. The molecule has 0 saturated heterocycles. The normalized spacial score (nSPS) is 13.4. The highest BCUT2D eigenvalue weighted by Gasteiger charge is 2.23. The Morgan fingerprint density at radius 1 is 1.28 bits per heavy atom. The van der Waals surface area contributed by atoms with Crippen molar-refractivity contribution in [2.45, 2.75) is 52.2 Å². The molecule has 0 aliphatic rings. The standard InChI is InChI=1S/C19H31N3O3/c1-5-17(21-12-15(20)9-13(2)3)18(23)19(24)22-11-14-7-6-8-16(10-14)25-4/h6-8,10,13,15,17,21H,5,9,11-12,20H2,1-4H3,(H,22,24)/t15-,17?/m0/s1. The Hall–Kier alpha value is -1.92. The van der Waals surface area contributed by atoms with Gasteiger partial charge in [-0.3, -0.25) is 9.59 Å². The van der Waals surface area contributed by atoms with Crippen LogP contribution in [0.1, 0.15) is 39.2 Å². The quantitative estimate of drug-likeness (QED) is 0.528. The first-order chi connectivity index (χ1) is 11.9. The fourth-order valence-electron chi connectivity index (χ4n) is 2.62. The molecule has 6 nitrogen and oxygen atoms in total. The summed E-state index contributed by atoms with van der Waals surface area (Å²) in [6.07, 6.45) is 1.42. The van der Waals surface area contributed by atoms with Crippen molar-refractivity contribution in [3.8, 4) is 5.75 Å². The van der Waals surface area contributed by atoms with Gasteiger partial charge in [-0.2, -0.15) is 0 Å². The van der Waals surface area contributed by atoms with Crippen LogP contribution in [0, 0.1) is 5.92 Å². The number of carbonyl (C=O) groups is 2. The van der Waals surface area contributed by atoms with Gasteiger partial charge in [0.15, 0.2) is 0 Å². The molecule has 0 heterocycles. The Bertz CT molecular complexity index is 561. The number of nitrogens with two attached hydrogens (primary N) is 1. The van der Waals surface area contributed by atoms with Crippen LogP contribution in [0.15, 0.2) is 24.3 Å². The van der Waals surface area contributed by atoms with Gasteiger partial charge >= 0.3 is 0 Å². The lowest BCUT2D eigenvalue weighted by molar-refractivity contribution is -0.139. The minimum absolute atomic E-state index is 0.0262. The van der Waals surface area contributed by atoms with E-state index in [-0.39, 0.29) is 12.6 Å². The number of rotatable bonds is 11. The molecule has 1 amide bonds. The first kappa shape index (κ1) is 21.1. The molecule has 140 valence electrons. The predicted octanol–water partition coefficient (Wildman–Crippen LogP) is 1.62. The molecule has 0 spiro atoms. The second-order valence-corrected chi connectivity index (χ2v) is 6.66. The van der Waals surface area contributed by atoms with Gasteiger partial charge in [-0.25, -0.2) is 0 Å². The van der Waals surface area contributed by atoms with E-state index in [1.165, 1.54) is 0 Å². The lowest BCUT2D eigenvalue weighted by Gasteiger charge is -2.20. The summed E-state index contributed by atoms with van der Waals surface area (Å²) in [6.45, 7) is 6.89. The third kappa shape index (κ3) is 7.67. The summed E-state index contributed by atoms with van der Waals surface area (Å²) in [4.78, 5) is 24.4. The number of ketones is 1. The summed E-state index contributed by atoms with van der Waals surface area (Å²) in [7, 11) is 1.59. The highest BCUT2D eigenvalue weighted by Crippen LogP contribution is 2.12. The van der Waals surface area contributed by atoms with E-state index in [0.717, 1.165) is 12.0 Å². The Labute approximate surface area is 150 Å². The first-order valence-corrected chi connectivity index (χ1v) is 8.81. The highest BCUT2D eigenvalue weighted by molar-refractivity contribution is 6.38. The summed E-state index contributed by atoms with van der Waals surface area (Å²) in [5.41, 5.74) is 6.91.